The molecule has 0 heterocycles. The van der Waals surface area contributed by atoms with Gasteiger partial charge < -0.3 is 10.2 Å². The predicted octanol–water partition coefficient (Wildman–Crippen LogP) is 3.70. The predicted molar refractivity (Wildman–Crippen MR) is 84.5 cm³/mol. The Morgan fingerprint density at radius 3 is 2.15 bits per heavy atom. The summed E-state index contributed by atoms with van der Waals surface area (Å²) in [6.45, 7) is 4.67. The minimum Gasteiger partial charge on any atom is -0.388 e. The number of benzene rings is 2. The van der Waals surface area contributed by atoms with Crippen LogP contribution in [0.5, 0.6) is 0 Å². The number of hydrogen-bond donors (Lipinski definition) is 1. The van der Waals surface area contributed by atoms with Crippen molar-refractivity contribution in [3.05, 3.63) is 59.7 Å². The Kier molecular flexibility index (Phi) is 4.41. The molecule has 0 aromatic heterocycles. The molecule has 3 nitrogen and oxygen atoms in total. The first-order chi connectivity index (χ1) is 9.65. The topological polar surface area (TPSA) is 32.3 Å². The van der Waals surface area contributed by atoms with Gasteiger partial charge in [-0.15, -0.1) is 0 Å². The normalized spacial score (nSPS) is 10.2. The zero-order valence-electron chi connectivity index (χ0n) is 12.2. The zero-order chi connectivity index (χ0) is 14.5. The van der Waals surface area contributed by atoms with Crippen LogP contribution in [0.15, 0.2) is 48.5 Å². The monoisotopic (exact) mass is 268 g/mol. The molecule has 1 N–H and O–H groups in total. The molecule has 3 heteroatoms. The number of nitrogens with one attached hydrogen (secondary N) is 1. The highest BCUT2D eigenvalue weighted by atomic mass is 16.2. The summed E-state index contributed by atoms with van der Waals surface area (Å²) in [4.78, 5) is 14.4. The van der Waals surface area contributed by atoms with Gasteiger partial charge in [-0.2, -0.15) is 0 Å². The molecular formula is C17H20N2O. The van der Waals surface area contributed by atoms with E-state index in [1.165, 1.54) is 5.56 Å². The van der Waals surface area contributed by atoms with Gasteiger partial charge in [0.2, 0.25) is 0 Å². The lowest BCUT2D eigenvalue weighted by Gasteiger charge is -2.21. The van der Waals surface area contributed by atoms with Crippen LogP contribution in [-0.4, -0.2) is 19.5 Å². The molecular weight excluding hydrogens is 248 g/mol. The summed E-state index contributed by atoms with van der Waals surface area (Å²) in [5.74, 6) is 0.0269. The van der Waals surface area contributed by atoms with Gasteiger partial charge in [0, 0.05) is 30.5 Å². The van der Waals surface area contributed by atoms with E-state index in [9.17, 15) is 4.79 Å². The Labute approximate surface area is 120 Å². The molecule has 1 amide bonds. The average Bonchev–Trinajstić information content (AvgIpc) is 2.50. The van der Waals surface area contributed by atoms with Crippen LogP contribution in [0, 0.1) is 6.92 Å². The fourth-order valence-electron chi connectivity index (χ4n) is 2.10. The van der Waals surface area contributed by atoms with E-state index >= 15 is 0 Å². The van der Waals surface area contributed by atoms with E-state index in [2.05, 4.69) is 5.32 Å². The van der Waals surface area contributed by atoms with Gasteiger partial charge in [0.1, 0.15) is 0 Å². The van der Waals surface area contributed by atoms with E-state index in [1.807, 2.05) is 69.4 Å². The van der Waals surface area contributed by atoms with E-state index < -0.39 is 0 Å². The molecule has 0 bridgehead atoms. The lowest BCUT2D eigenvalue weighted by atomic mass is 10.1. The van der Waals surface area contributed by atoms with Crippen LogP contribution in [0.3, 0.4) is 0 Å². The minimum atomic E-state index is 0.0269. The van der Waals surface area contributed by atoms with Gasteiger partial charge in [0.15, 0.2) is 0 Å². The van der Waals surface area contributed by atoms with Crippen molar-refractivity contribution in [1.82, 2.24) is 0 Å². The first kappa shape index (κ1) is 14.1. The van der Waals surface area contributed by atoms with Gasteiger partial charge in [-0.3, -0.25) is 4.79 Å². The maximum absolute atomic E-state index is 12.6. The van der Waals surface area contributed by atoms with Crippen LogP contribution in [0.4, 0.5) is 11.4 Å². The Bertz CT molecular complexity index is 573. The van der Waals surface area contributed by atoms with Gasteiger partial charge in [0.25, 0.3) is 5.91 Å². The van der Waals surface area contributed by atoms with E-state index in [1.54, 1.807) is 4.90 Å². The van der Waals surface area contributed by atoms with Crippen LogP contribution >= 0.6 is 0 Å². The van der Waals surface area contributed by atoms with Crippen LogP contribution in [0.25, 0.3) is 0 Å². The van der Waals surface area contributed by atoms with E-state index in [4.69, 9.17) is 0 Å². The molecule has 0 spiro atoms. The van der Waals surface area contributed by atoms with Gasteiger partial charge in [0.05, 0.1) is 0 Å². The molecule has 0 unspecified atom stereocenters. The SMILES string of the molecule is CCN(C(=O)c1ccc(NC)cc1)c1ccc(C)cc1. The van der Waals surface area contributed by atoms with E-state index in [0.717, 1.165) is 11.4 Å². The Hall–Kier alpha value is -2.29. The molecule has 0 aliphatic carbocycles. The summed E-state index contributed by atoms with van der Waals surface area (Å²) in [6.07, 6.45) is 0. The molecule has 0 fully saturated rings. The lowest BCUT2D eigenvalue weighted by Crippen LogP contribution is -2.30. The molecule has 0 radical (unpaired) electrons. The van der Waals surface area contributed by atoms with Crippen LogP contribution in [0.2, 0.25) is 0 Å². The van der Waals surface area contributed by atoms with Crippen LogP contribution in [-0.2, 0) is 0 Å². The summed E-state index contributed by atoms with van der Waals surface area (Å²) in [5.41, 5.74) is 3.82. The molecule has 2 aromatic rings. The Morgan fingerprint density at radius 1 is 1.05 bits per heavy atom. The molecule has 0 atom stereocenters. The third-order valence-electron chi connectivity index (χ3n) is 3.33. The highest BCUT2D eigenvalue weighted by molar-refractivity contribution is 6.06. The maximum atomic E-state index is 12.6. The summed E-state index contributed by atoms with van der Waals surface area (Å²) in [6, 6.07) is 15.5. The second-order valence-corrected chi connectivity index (χ2v) is 4.71. The van der Waals surface area contributed by atoms with Crippen molar-refractivity contribution in [2.75, 3.05) is 23.8 Å². The third-order valence-corrected chi connectivity index (χ3v) is 3.33. The zero-order valence-corrected chi connectivity index (χ0v) is 12.2. The van der Waals surface area contributed by atoms with Crippen molar-refractivity contribution >= 4 is 17.3 Å². The number of carbonyl (C=O) groups excluding carboxylic acids is 1. The van der Waals surface area contributed by atoms with Crippen molar-refractivity contribution < 1.29 is 4.79 Å². The maximum Gasteiger partial charge on any atom is 0.258 e. The first-order valence-electron chi connectivity index (χ1n) is 6.82. The Balaban J connectivity index is 2.26. The summed E-state index contributed by atoms with van der Waals surface area (Å²) < 4.78 is 0. The molecule has 2 rings (SSSR count). The van der Waals surface area contributed by atoms with Gasteiger partial charge >= 0.3 is 0 Å². The third kappa shape index (κ3) is 2.99. The number of anilines is 2. The molecule has 0 saturated heterocycles. The molecule has 20 heavy (non-hydrogen) atoms. The largest absolute Gasteiger partial charge is 0.388 e. The van der Waals surface area contributed by atoms with Crippen molar-refractivity contribution in [2.24, 2.45) is 0 Å². The molecule has 104 valence electrons. The fraction of sp³-hybridized carbons (Fsp3) is 0.235. The van der Waals surface area contributed by atoms with E-state index in [-0.39, 0.29) is 5.91 Å². The van der Waals surface area contributed by atoms with Gasteiger partial charge in [-0.1, -0.05) is 17.7 Å². The van der Waals surface area contributed by atoms with Crippen molar-refractivity contribution in [1.29, 1.82) is 0 Å². The second-order valence-electron chi connectivity index (χ2n) is 4.71. The standard InChI is InChI=1S/C17H20N2O/c1-4-19(16-11-5-13(2)6-12-16)17(20)14-7-9-15(18-3)10-8-14/h5-12,18H,4H2,1-3H3. The summed E-state index contributed by atoms with van der Waals surface area (Å²) >= 11 is 0. The van der Waals surface area contributed by atoms with E-state index in [0.29, 0.717) is 12.1 Å². The molecule has 2 aromatic carbocycles. The molecule has 0 saturated carbocycles. The lowest BCUT2D eigenvalue weighted by molar-refractivity contribution is 0.0988. The number of hydrogen-bond acceptors (Lipinski definition) is 2. The number of nitrogens with zero attached hydrogens (tertiary/aromatic N) is 1. The van der Waals surface area contributed by atoms with Gasteiger partial charge in [-0.05, 0) is 50.2 Å². The van der Waals surface area contributed by atoms with Crippen molar-refractivity contribution in [3.63, 3.8) is 0 Å². The molecule has 0 aliphatic rings. The molecule has 0 aliphatic heterocycles. The highest BCUT2D eigenvalue weighted by Crippen LogP contribution is 2.18. The average molecular weight is 268 g/mol. The summed E-state index contributed by atoms with van der Waals surface area (Å²) in [7, 11) is 1.86. The number of aryl methyl sites for hydroxylation is 1. The first-order valence-corrected chi connectivity index (χ1v) is 6.82. The van der Waals surface area contributed by atoms with Crippen LogP contribution in [0.1, 0.15) is 22.8 Å². The van der Waals surface area contributed by atoms with Gasteiger partial charge in [-0.25, -0.2) is 0 Å². The minimum absolute atomic E-state index is 0.0269. The quantitative estimate of drug-likeness (QED) is 0.917. The van der Waals surface area contributed by atoms with Crippen LogP contribution < -0.4 is 10.2 Å². The van der Waals surface area contributed by atoms with Crippen molar-refractivity contribution in [2.45, 2.75) is 13.8 Å². The summed E-state index contributed by atoms with van der Waals surface area (Å²) in [5, 5.41) is 3.05. The number of carbonyl (C=O) groups is 1. The Morgan fingerprint density at radius 2 is 1.65 bits per heavy atom. The number of amides is 1. The highest BCUT2D eigenvalue weighted by Gasteiger charge is 2.15. The number of rotatable bonds is 4. The fourth-order valence-corrected chi connectivity index (χ4v) is 2.10. The smallest absolute Gasteiger partial charge is 0.258 e. The second kappa shape index (κ2) is 6.24. The van der Waals surface area contributed by atoms with Crippen molar-refractivity contribution in [3.8, 4) is 0 Å².